The first-order chi connectivity index (χ1) is 18.9. The molecule has 0 radical (unpaired) electrons. The lowest BCUT2D eigenvalue weighted by Crippen LogP contribution is -2.61. The molecule has 2 aromatic heterocycles. The number of rotatable bonds is 8. The number of nitriles is 2. The van der Waals surface area contributed by atoms with Crippen molar-refractivity contribution in [2.75, 3.05) is 49.6 Å². The van der Waals surface area contributed by atoms with Gasteiger partial charge in [-0.3, -0.25) is 4.90 Å². The highest BCUT2D eigenvalue weighted by Gasteiger charge is 2.45. The van der Waals surface area contributed by atoms with E-state index in [0.717, 1.165) is 63.1 Å². The Morgan fingerprint density at radius 1 is 1.21 bits per heavy atom. The van der Waals surface area contributed by atoms with E-state index in [1.165, 1.54) is 10.7 Å². The lowest BCUT2D eigenvalue weighted by Gasteiger charge is -2.54. The molecule has 4 heterocycles. The standard InChI is InChI=1S/C27H29ClFN9O/c28-24-18(9-23-34-25(33-19-1-2-19)26-32-13-20(12-31)38(26)35-23)7-17(11-30)8-22(24)37-5-3-27(4-6-37)15-36(16-27)14-21(39)10-29/h7-8,13,19,21,39H,1-6,9-10,14-16H2,(H,33,34,35). The number of β-amino-alcohol motifs (C(OH)–C–C–N with tert-alkyl or cyclic N) is 1. The van der Waals surface area contributed by atoms with Gasteiger partial charge in [-0.15, -0.1) is 5.10 Å². The van der Waals surface area contributed by atoms with Crippen molar-refractivity contribution in [3.8, 4) is 12.1 Å². The van der Waals surface area contributed by atoms with Crippen LogP contribution in [-0.2, 0) is 6.42 Å². The maximum atomic E-state index is 12.7. The molecule has 1 spiro atoms. The van der Waals surface area contributed by atoms with Crippen LogP contribution in [0.4, 0.5) is 15.9 Å². The van der Waals surface area contributed by atoms with E-state index in [1.54, 1.807) is 6.07 Å². The molecule has 1 aromatic carbocycles. The monoisotopic (exact) mass is 549 g/mol. The van der Waals surface area contributed by atoms with Crippen molar-refractivity contribution >= 4 is 28.8 Å². The summed E-state index contributed by atoms with van der Waals surface area (Å²) in [5.74, 6) is 1.07. The van der Waals surface area contributed by atoms with Crippen molar-refractivity contribution in [3.63, 3.8) is 0 Å². The molecule has 1 aliphatic carbocycles. The summed E-state index contributed by atoms with van der Waals surface area (Å²) in [6.45, 7) is 2.99. The maximum Gasteiger partial charge on any atom is 0.198 e. The smallest absolute Gasteiger partial charge is 0.198 e. The number of hydrogen-bond acceptors (Lipinski definition) is 9. The maximum absolute atomic E-state index is 12.7. The van der Waals surface area contributed by atoms with Crippen LogP contribution in [0.3, 0.4) is 0 Å². The number of piperidine rings is 1. The van der Waals surface area contributed by atoms with Crippen molar-refractivity contribution in [2.24, 2.45) is 5.41 Å². The van der Waals surface area contributed by atoms with Crippen LogP contribution in [0.5, 0.6) is 0 Å². The first-order valence-corrected chi connectivity index (χ1v) is 13.6. The van der Waals surface area contributed by atoms with Gasteiger partial charge in [-0.25, -0.2) is 14.4 Å². The molecule has 2 aliphatic heterocycles. The van der Waals surface area contributed by atoms with Crippen LogP contribution in [0.1, 0.15) is 48.3 Å². The van der Waals surface area contributed by atoms with Gasteiger partial charge in [-0.2, -0.15) is 15.0 Å². The Bertz CT molecular complexity index is 1480. The molecule has 0 bridgehead atoms. The third kappa shape index (κ3) is 5.10. The van der Waals surface area contributed by atoms with Gasteiger partial charge >= 0.3 is 0 Å². The molecular weight excluding hydrogens is 521 g/mol. The second kappa shape index (κ2) is 10.2. The highest BCUT2D eigenvalue weighted by atomic mass is 35.5. The number of fused-ring (bicyclic) bond motifs is 1. The van der Waals surface area contributed by atoms with Crippen LogP contribution in [0.15, 0.2) is 18.3 Å². The van der Waals surface area contributed by atoms with Gasteiger partial charge in [0.2, 0.25) is 0 Å². The molecular formula is C27H29ClFN9O. The van der Waals surface area contributed by atoms with E-state index in [1.807, 2.05) is 6.07 Å². The Kier molecular flexibility index (Phi) is 6.76. The van der Waals surface area contributed by atoms with E-state index in [0.29, 0.717) is 52.6 Å². The summed E-state index contributed by atoms with van der Waals surface area (Å²) in [7, 11) is 0. The van der Waals surface area contributed by atoms with Crippen molar-refractivity contribution in [2.45, 2.75) is 44.2 Å². The van der Waals surface area contributed by atoms with Gasteiger partial charge in [0.25, 0.3) is 0 Å². The summed E-state index contributed by atoms with van der Waals surface area (Å²) in [5.41, 5.74) is 3.10. The number of nitrogens with zero attached hydrogens (tertiary/aromatic N) is 8. The fourth-order valence-electron chi connectivity index (χ4n) is 5.77. The van der Waals surface area contributed by atoms with Crippen molar-refractivity contribution in [3.05, 3.63) is 46.0 Å². The van der Waals surface area contributed by atoms with E-state index in [4.69, 9.17) is 16.6 Å². The van der Waals surface area contributed by atoms with Gasteiger partial charge in [0, 0.05) is 45.2 Å². The molecule has 3 fully saturated rings. The lowest BCUT2D eigenvalue weighted by atomic mass is 9.72. The topological polar surface area (TPSA) is 129 Å². The normalized spacial score (nSPS) is 19.5. The van der Waals surface area contributed by atoms with E-state index >= 15 is 0 Å². The summed E-state index contributed by atoms with van der Waals surface area (Å²) < 4.78 is 14.2. The highest BCUT2D eigenvalue weighted by molar-refractivity contribution is 6.34. The van der Waals surface area contributed by atoms with Gasteiger partial charge in [0.05, 0.1) is 34.6 Å². The highest BCUT2D eigenvalue weighted by Crippen LogP contribution is 2.43. The Labute approximate surface area is 230 Å². The molecule has 0 amide bonds. The van der Waals surface area contributed by atoms with Crippen LogP contribution in [0.25, 0.3) is 5.65 Å². The molecule has 1 unspecified atom stereocenters. The number of imidazole rings is 1. The van der Waals surface area contributed by atoms with Crippen LogP contribution < -0.4 is 10.2 Å². The minimum atomic E-state index is -0.918. The third-order valence-corrected chi connectivity index (χ3v) is 8.41. The number of alkyl halides is 1. The SMILES string of the molecule is N#Cc1cc(Cc2nc(NC3CC3)c3ncc(C#N)n3n2)c(Cl)c(N2CCC3(CC2)CN(CC(O)CF)C3)c1. The average molecular weight is 550 g/mol. The van der Waals surface area contributed by atoms with Gasteiger partial charge in [-0.1, -0.05) is 11.6 Å². The number of anilines is 2. The number of aliphatic hydroxyl groups is 1. The first kappa shape index (κ1) is 25.8. The summed E-state index contributed by atoms with van der Waals surface area (Å²) in [6, 6.07) is 8.34. The van der Waals surface area contributed by atoms with Gasteiger partial charge in [-0.05, 0) is 48.8 Å². The van der Waals surface area contributed by atoms with Crippen molar-refractivity contribution in [1.29, 1.82) is 10.5 Å². The number of halogens is 2. The van der Waals surface area contributed by atoms with Gasteiger partial charge in [0.15, 0.2) is 23.0 Å². The number of benzene rings is 1. The second-order valence-corrected chi connectivity index (χ2v) is 11.4. The summed E-state index contributed by atoms with van der Waals surface area (Å²) in [5, 5.41) is 37.4. The van der Waals surface area contributed by atoms with Crippen LogP contribution >= 0.6 is 11.6 Å². The van der Waals surface area contributed by atoms with E-state index < -0.39 is 12.8 Å². The van der Waals surface area contributed by atoms with Crippen LogP contribution in [0.2, 0.25) is 5.02 Å². The molecule has 3 aliphatic rings. The summed E-state index contributed by atoms with van der Waals surface area (Å²) in [6.07, 6.45) is 4.91. The van der Waals surface area contributed by atoms with E-state index in [9.17, 15) is 20.0 Å². The first-order valence-electron chi connectivity index (χ1n) is 13.3. The predicted molar refractivity (Wildman–Crippen MR) is 143 cm³/mol. The zero-order valence-electron chi connectivity index (χ0n) is 21.4. The van der Waals surface area contributed by atoms with Crippen LogP contribution in [-0.4, -0.2) is 81.1 Å². The number of nitrogens with one attached hydrogen (secondary N) is 1. The molecule has 2 saturated heterocycles. The molecule has 202 valence electrons. The molecule has 39 heavy (non-hydrogen) atoms. The van der Waals surface area contributed by atoms with Crippen LogP contribution in [0, 0.1) is 28.1 Å². The number of likely N-dealkylation sites (tertiary alicyclic amines) is 1. The van der Waals surface area contributed by atoms with Crippen molar-refractivity contribution < 1.29 is 9.50 Å². The molecule has 3 aromatic rings. The predicted octanol–water partition coefficient (Wildman–Crippen LogP) is 2.92. The zero-order valence-corrected chi connectivity index (χ0v) is 22.2. The lowest BCUT2D eigenvalue weighted by molar-refractivity contribution is -0.0449. The average Bonchev–Trinajstić information content (AvgIpc) is 3.65. The molecule has 1 atom stereocenters. The van der Waals surface area contributed by atoms with E-state index in [-0.39, 0.29) is 5.41 Å². The summed E-state index contributed by atoms with van der Waals surface area (Å²) >= 11 is 6.96. The molecule has 6 rings (SSSR count). The molecule has 12 heteroatoms. The van der Waals surface area contributed by atoms with Gasteiger partial charge < -0.3 is 15.3 Å². The largest absolute Gasteiger partial charge is 0.389 e. The number of aromatic nitrogens is 4. The summed E-state index contributed by atoms with van der Waals surface area (Å²) in [4.78, 5) is 13.4. The van der Waals surface area contributed by atoms with Gasteiger partial charge in [0.1, 0.15) is 12.7 Å². The Morgan fingerprint density at radius 2 is 1.97 bits per heavy atom. The minimum Gasteiger partial charge on any atom is -0.389 e. The number of hydrogen-bond donors (Lipinski definition) is 2. The fourth-order valence-corrected chi connectivity index (χ4v) is 6.07. The Hall–Kier alpha value is -3.51. The Morgan fingerprint density at radius 3 is 2.64 bits per heavy atom. The molecule has 10 nitrogen and oxygen atoms in total. The Balaban J connectivity index is 1.23. The molecule has 2 N–H and O–H groups in total. The number of aliphatic hydroxyl groups excluding tert-OH is 1. The minimum absolute atomic E-state index is 0.187. The molecule has 1 saturated carbocycles. The fraction of sp³-hybridized carbons (Fsp3) is 0.519. The van der Waals surface area contributed by atoms with Crippen molar-refractivity contribution in [1.82, 2.24) is 24.5 Å². The zero-order chi connectivity index (χ0) is 27.1. The van der Waals surface area contributed by atoms with E-state index in [2.05, 4.69) is 37.3 Å². The third-order valence-electron chi connectivity index (χ3n) is 7.98. The quantitative estimate of drug-likeness (QED) is 0.435. The second-order valence-electron chi connectivity index (χ2n) is 11.0.